The lowest BCUT2D eigenvalue weighted by atomic mass is 10.1. The third-order valence-electron chi connectivity index (χ3n) is 6.11. The third-order valence-corrected chi connectivity index (χ3v) is 6.11. The molecule has 30 heavy (non-hydrogen) atoms. The van der Waals surface area contributed by atoms with Crippen molar-refractivity contribution >= 4 is 11.6 Å². The van der Waals surface area contributed by atoms with E-state index in [9.17, 15) is 4.79 Å². The van der Waals surface area contributed by atoms with Crippen LogP contribution in [0.2, 0.25) is 0 Å². The van der Waals surface area contributed by atoms with Crippen molar-refractivity contribution in [2.75, 3.05) is 33.2 Å². The number of aromatic nitrogens is 4. The molecule has 1 unspecified atom stereocenters. The molecule has 1 atom stereocenters. The summed E-state index contributed by atoms with van der Waals surface area (Å²) in [5.74, 6) is 1.65. The molecular weight excluding hydrogens is 378 g/mol. The van der Waals surface area contributed by atoms with E-state index in [1.165, 1.54) is 19.4 Å². The maximum absolute atomic E-state index is 12.7. The van der Waals surface area contributed by atoms with E-state index in [0.717, 1.165) is 42.6 Å². The molecule has 1 N–H and O–H groups in total. The molecule has 156 valence electrons. The first-order valence-electron chi connectivity index (χ1n) is 10.6. The SMILES string of the molecule is CN1CCN(CC2CC2)CC1c1nnc2ccc(C(=O)NCc3cccnc3)cn12. The van der Waals surface area contributed by atoms with E-state index < -0.39 is 0 Å². The Morgan fingerprint density at radius 1 is 1.20 bits per heavy atom. The van der Waals surface area contributed by atoms with E-state index in [1.54, 1.807) is 18.5 Å². The number of carbonyl (C=O) groups is 1. The summed E-state index contributed by atoms with van der Waals surface area (Å²) in [6.07, 6.45) is 8.07. The molecule has 1 aliphatic carbocycles. The lowest BCUT2D eigenvalue weighted by molar-refractivity contribution is 0.0869. The standard InChI is InChI=1S/C22H27N7O/c1-27-9-10-28(13-16-4-5-16)15-19(27)21-26-25-20-7-6-18(14-29(20)21)22(30)24-12-17-3-2-8-23-11-17/h2-3,6-8,11,14,16,19H,4-5,9-10,12-13,15H2,1H3,(H,24,30). The Bertz CT molecular complexity index is 1030. The molecule has 3 aromatic rings. The number of nitrogens with zero attached hydrogens (tertiary/aromatic N) is 6. The minimum absolute atomic E-state index is 0.118. The summed E-state index contributed by atoms with van der Waals surface area (Å²) in [5.41, 5.74) is 2.33. The van der Waals surface area contributed by atoms with E-state index in [2.05, 4.69) is 37.3 Å². The van der Waals surface area contributed by atoms with Crippen molar-refractivity contribution in [2.45, 2.75) is 25.4 Å². The molecule has 2 aliphatic rings. The first kappa shape index (κ1) is 19.1. The Hall–Kier alpha value is -2.84. The van der Waals surface area contributed by atoms with Gasteiger partial charge in [-0.25, -0.2) is 0 Å². The molecule has 1 saturated heterocycles. The molecule has 0 spiro atoms. The lowest BCUT2D eigenvalue weighted by Gasteiger charge is -2.38. The van der Waals surface area contributed by atoms with Gasteiger partial charge in [-0.3, -0.25) is 24.0 Å². The maximum Gasteiger partial charge on any atom is 0.253 e. The van der Waals surface area contributed by atoms with Crippen molar-refractivity contribution in [1.82, 2.24) is 34.7 Å². The van der Waals surface area contributed by atoms with Crippen molar-refractivity contribution < 1.29 is 4.79 Å². The molecule has 0 radical (unpaired) electrons. The fourth-order valence-corrected chi connectivity index (χ4v) is 4.10. The van der Waals surface area contributed by atoms with Crippen LogP contribution in [-0.4, -0.2) is 68.5 Å². The summed E-state index contributed by atoms with van der Waals surface area (Å²) in [4.78, 5) is 21.7. The van der Waals surface area contributed by atoms with E-state index in [1.807, 2.05) is 28.8 Å². The quantitative estimate of drug-likeness (QED) is 0.673. The highest BCUT2D eigenvalue weighted by atomic mass is 16.1. The Kier molecular flexibility index (Phi) is 5.18. The largest absolute Gasteiger partial charge is 0.348 e. The average Bonchev–Trinajstić information content (AvgIpc) is 3.50. The zero-order valence-electron chi connectivity index (χ0n) is 17.2. The first-order valence-corrected chi connectivity index (χ1v) is 10.6. The number of fused-ring (bicyclic) bond motifs is 1. The second kappa shape index (κ2) is 8.12. The predicted molar refractivity (Wildman–Crippen MR) is 113 cm³/mol. The van der Waals surface area contributed by atoms with E-state index in [-0.39, 0.29) is 11.9 Å². The maximum atomic E-state index is 12.7. The first-order chi connectivity index (χ1) is 14.7. The van der Waals surface area contributed by atoms with Crippen molar-refractivity contribution in [3.05, 3.63) is 59.8 Å². The molecule has 0 aromatic carbocycles. The lowest BCUT2D eigenvalue weighted by Crippen LogP contribution is -2.47. The second-order valence-electron chi connectivity index (χ2n) is 8.45. The van der Waals surface area contributed by atoms with Gasteiger partial charge in [0.15, 0.2) is 11.5 Å². The van der Waals surface area contributed by atoms with Crippen molar-refractivity contribution in [1.29, 1.82) is 0 Å². The molecule has 8 nitrogen and oxygen atoms in total. The van der Waals surface area contributed by atoms with Crippen LogP contribution in [0.25, 0.3) is 5.65 Å². The number of carbonyl (C=O) groups excluding carboxylic acids is 1. The van der Waals surface area contributed by atoms with Gasteiger partial charge in [-0.15, -0.1) is 10.2 Å². The van der Waals surface area contributed by atoms with Gasteiger partial charge in [0.05, 0.1) is 11.6 Å². The number of piperazine rings is 1. The molecule has 1 saturated carbocycles. The fraction of sp³-hybridized carbons (Fsp3) is 0.455. The summed E-state index contributed by atoms with van der Waals surface area (Å²) in [6.45, 7) is 4.69. The summed E-state index contributed by atoms with van der Waals surface area (Å²) in [5, 5.41) is 11.8. The van der Waals surface area contributed by atoms with E-state index in [4.69, 9.17) is 0 Å². The van der Waals surface area contributed by atoms with E-state index in [0.29, 0.717) is 12.1 Å². The Labute approximate surface area is 175 Å². The van der Waals surface area contributed by atoms with Crippen LogP contribution in [0.1, 0.15) is 40.6 Å². The van der Waals surface area contributed by atoms with Crippen LogP contribution in [0.15, 0.2) is 42.9 Å². The smallest absolute Gasteiger partial charge is 0.253 e. The van der Waals surface area contributed by atoms with Gasteiger partial charge in [0.1, 0.15) is 0 Å². The van der Waals surface area contributed by atoms with Gasteiger partial charge in [-0.2, -0.15) is 0 Å². The normalized spacial score (nSPS) is 20.5. The minimum Gasteiger partial charge on any atom is -0.348 e. The van der Waals surface area contributed by atoms with Crippen LogP contribution in [0.3, 0.4) is 0 Å². The summed E-state index contributed by atoms with van der Waals surface area (Å²) in [7, 11) is 2.14. The number of likely N-dealkylation sites (N-methyl/N-ethyl adjacent to an activating group) is 1. The highest BCUT2D eigenvalue weighted by molar-refractivity contribution is 5.94. The van der Waals surface area contributed by atoms with E-state index >= 15 is 0 Å². The molecule has 1 aliphatic heterocycles. The molecule has 2 fully saturated rings. The molecule has 4 heterocycles. The highest BCUT2D eigenvalue weighted by Crippen LogP contribution is 2.32. The molecule has 8 heteroatoms. The highest BCUT2D eigenvalue weighted by Gasteiger charge is 2.32. The summed E-state index contributed by atoms with van der Waals surface area (Å²) >= 11 is 0. The number of nitrogens with one attached hydrogen (secondary N) is 1. The zero-order chi connectivity index (χ0) is 20.5. The Morgan fingerprint density at radius 2 is 2.10 bits per heavy atom. The van der Waals surface area contributed by atoms with Crippen LogP contribution in [0.4, 0.5) is 0 Å². The minimum atomic E-state index is -0.118. The van der Waals surface area contributed by atoms with Crippen LogP contribution < -0.4 is 5.32 Å². The van der Waals surface area contributed by atoms with Gasteiger partial charge in [-0.1, -0.05) is 6.07 Å². The van der Waals surface area contributed by atoms with Crippen molar-refractivity contribution in [3.63, 3.8) is 0 Å². The van der Waals surface area contributed by atoms with Crippen LogP contribution in [0, 0.1) is 5.92 Å². The van der Waals surface area contributed by atoms with Crippen molar-refractivity contribution in [3.8, 4) is 0 Å². The molecule has 1 amide bonds. The topological polar surface area (TPSA) is 78.7 Å². The molecule has 0 bridgehead atoms. The fourth-order valence-electron chi connectivity index (χ4n) is 4.10. The third kappa shape index (κ3) is 4.06. The number of amides is 1. The van der Waals surface area contributed by atoms with Crippen LogP contribution in [0.5, 0.6) is 0 Å². The molecule has 3 aromatic heterocycles. The number of hydrogen-bond donors (Lipinski definition) is 1. The predicted octanol–water partition coefficient (Wildman–Crippen LogP) is 1.75. The molecular formula is C22H27N7O. The van der Waals surface area contributed by atoms with Gasteiger partial charge in [-0.05, 0) is 49.6 Å². The zero-order valence-corrected chi connectivity index (χ0v) is 17.2. The number of rotatable bonds is 6. The monoisotopic (exact) mass is 405 g/mol. The van der Waals surface area contributed by atoms with Gasteiger partial charge in [0.25, 0.3) is 5.91 Å². The Morgan fingerprint density at radius 3 is 2.90 bits per heavy atom. The van der Waals surface area contributed by atoms with Gasteiger partial charge in [0.2, 0.25) is 0 Å². The second-order valence-corrected chi connectivity index (χ2v) is 8.45. The van der Waals surface area contributed by atoms with Gasteiger partial charge in [0, 0.05) is 51.3 Å². The summed E-state index contributed by atoms with van der Waals surface area (Å²) in [6, 6.07) is 7.64. The van der Waals surface area contributed by atoms with Crippen LogP contribution in [-0.2, 0) is 6.54 Å². The van der Waals surface area contributed by atoms with Crippen molar-refractivity contribution in [2.24, 2.45) is 5.92 Å². The van der Waals surface area contributed by atoms with Gasteiger partial charge >= 0.3 is 0 Å². The molecule has 5 rings (SSSR count). The number of hydrogen-bond acceptors (Lipinski definition) is 6. The summed E-state index contributed by atoms with van der Waals surface area (Å²) < 4.78 is 1.97. The Balaban J connectivity index is 1.35. The van der Waals surface area contributed by atoms with Gasteiger partial charge < -0.3 is 5.32 Å². The average molecular weight is 406 g/mol. The van der Waals surface area contributed by atoms with Crippen LogP contribution >= 0.6 is 0 Å². The number of pyridine rings is 2.